The molecule has 0 amide bonds. The van der Waals surface area contributed by atoms with Crippen molar-refractivity contribution < 1.29 is 14.6 Å². The number of ether oxygens (including phenoxy) is 1. The number of nitrogens with zero attached hydrogens (tertiary/aromatic N) is 1. The standard InChI is InChI=1S/C7H10B3NO3/c1-14-7(13)2-3(8)5(9)11-6(10)4(2)12/h12H,8-10H2,1H3. The smallest absolute Gasteiger partial charge is 0.341 e. The fourth-order valence-corrected chi connectivity index (χ4v) is 1.28. The number of carbonyl (C=O) groups is 1. The summed E-state index contributed by atoms with van der Waals surface area (Å²) in [6, 6.07) is 0. The molecule has 0 bridgehead atoms. The maximum atomic E-state index is 11.3. The SMILES string of the molecule is Bc1nc(B)c(O)c(C(=O)OC)c1B. The number of carbonyl (C=O) groups excluding carboxylic acids is 1. The minimum absolute atomic E-state index is 0.0973. The van der Waals surface area contributed by atoms with Crippen LogP contribution in [0.2, 0.25) is 0 Å². The zero-order valence-electron chi connectivity index (χ0n) is 8.71. The lowest BCUT2D eigenvalue weighted by atomic mass is 9.79. The van der Waals surface area contributed by atoms with Gasteiger partial charge in [-0.2, -0.15) is 0 Å². The number of aromatic nitrogens is 1. The van der Waals surface area contributed by atoms with Gasteiger partial charge in [-0.25, -0.2) is 4.79 Å². The van der Waals surface area contributed by atoms with Gasteiger partial charge < -0.3 is 9.84 Å². The van der Waals surface area contributed by atoms with Crippen molar-refractivity contribution in [2.24, 2.45) is 0 Å². The van der Waals surface area contributed by atoms with E-state index in [4.69, 9.17) is 0 Å². The van der Waals surface area contributed by atoms with Crippen LogP contribution in [0.4, 0.5) is 0 Å². The first-order chi connectivity index (χ1) is 6.49. The number of hydrogen-bond donors (Lipinski definition) is 1. The monoisotopic (exact) mass is 189 g/mol. The van der Waals surface area contributed by atoms with Crippen LogP contribution in [0.3, 0.4) is 0 Å². The van der Waals surface area contributed by atoms with Gasteiger partial charge in [0.1, 0.15) is 13.6 Å². The van der Waals surface area contributed by atoms with E-state index in [1.807, 2.05) is 0 Å². The molecule has 0 saturated heterocycles. The Bertz CT molecular complexity index is 368. The van der Waals surface area contributed by atoms with Gasteiger partial charge in [0.25, 0.3) is 0 Å². The van der Waals surface area contributed by atoms with Gasteiger partial charge in [0.2, 0.25) is 0 Å². The summed E-state index contributed by atoms with van der Waals surface area (Å²) >= 11 is 0. The van der Waals surface area contributed by atoms with E-state index in [1.54, 1.807) is 23.5 Å². The summed E-state index contributed by atoms with van der Waals surface area (Å²) in [5.41, 5.74) is 2.02. The minimum atomic E-state index is -0.534. The molecule has 0 atom stereocenters. The first kappa shape index (κ1) is 10.7. The molecule has 70 valence electrons. The summed E-state index contributed by atoms with van der Waals surface area (Å²) in [7, 11) is 6.45. The van der Waals surface area contributed by atoms with Gasteiger partial charge >= 0.3 is 5.97 Å². The van der Waals surface area contributed by atoms with Crippen molar-refractivity contribution in [1.82, 2.24) is 4.98 Å². The molecule has 0 aliphatic carbocycles. The van der Waals surface area contributed by atoms with Gasteiger partial charge in [-0.15, -0.1) is 0 Å². The predicted octanol–water partition coefficient (Wildman–Crippen LogP) is -4.65. The van der Waals surface area contributed by atoms with Gasteiger partial charge in [0, 0.05) is 5.59 Å². The quantitative estimate of drug-likeness (QED) is 0.356. The molecule has 0 aromatic carbocycles. The summed E-state index contributed by atoms with van der Waals surface area (Å²) in [6.45, 7) is 0. The molecule has 7 heteroatoms. The lowest BCUT2D eigenvalue weighted by Crippen LogP contribution is -2.39. The summed E-state index contributed by atoms with van der Waals surface area (Å²) in [5.74, 6) is -0.631. The molecular formula is C7H10B3NO3. The molecule has 0 unspecified atom stereocenters. The van der Waals surface area contributed by atoms with Gasteiger partial charge in [-0.3, -0.25) is 4.98 Å². The molecule has 0 fully saturated rings. The fourth-order valence-electron chi connectivity index (χ4n) is 1.28. The lowest BCUT2D eigenvalue weighted by molar-refractivity contribution is 0.0599. The van der Waals surface area contributed by atoms with E-state index in [9.17, 15) is 9.90 Å². The van der Waals surface area contributed by atoms with Gasteiger partial charge in [0.05, 0.1) is 12.7 Å². The van der Waals surface area contributed by atoms with E-state index in [0.717, 1.165) is 5.59 Å². The van der Waals surface area contributed by atoms with Gasteiger partial charge in [-0.1, -0.05) is 5.46 Å². The normalized spacial score (nSPS) is 9.79. The molecular weight excluding hydrogens is 179 g/mol. The lowest BCUT2D eigenvalue weighted by Gasteiger charge is -2.11. The van der Waals surface area contributed by atoms with Crippen molar-refractivity contribution in [3.05, 3.63) is 5.56 Å². The van der Waals surface area contributed by atoms with Crippen LogP contribution in [-0.4, -0.2) is 46.7 Å². The maximum absolute atomic E-state index is 11.3. The number of methoxy groups -OCH3 is 1. The highest BCUT2D eigenvalue weighted by Crippen LogP contribution is 2.08. The highest BCUT2D eigenvalue weighted by Gasteiger charge is 2.18. The Labute approximate surface area is 84.9 Å². The summed E-state index contributed by atoms with van der Waals surface area (Å²) < 4.78 is 4.58. The molecule has 0 spiro atoms. The van der Waals surface area contributed by atoms with E-state index >= 15 is 0 Å². The van der Waals surface area contributed by atoms with Crippen molar-refractivity contribution in [3.63, 3.8) is 0 Å². The fraction of sp³-hybridized carbons (Fsp3) is 0.143. The second-order valence-electron chi connectivity index (χ2n) is 3.12. The molecule has 1 rings (SSSR count). The van der Waals surface area contributed by atoms with E-state index < -0.39 is 5.97 Å². The van der Waals surface area contributed by atoms with Crippen LogP contribution < -0.4 is 16.6 Å². The highest BCUT2D eigenvalue weighted by atomic mass is 16.5. The molecule has 1 aromatic rings. The van der Waals surface area contributed by atoms with Crippen LogP contribution in [0, 0.1) is 0 Å². The number of aromatic hydroxyl groups is 1. The number of pyridine rings is 1. The topological polar surface area (TPSA) is 59.4 Å². The second-order valence-corrected chi connectivity index (χ2v) is 3.12. The third kappa shape index (κ3) is 1.62. The van der Waals surface area contributed by atoms with Crippen LogP contribution in [0.5, 0.6) is 5.75 Å². The number of hydrogen-bond acceptors (Lipinski definition) is 4. The average Bonchev–Trinajstić information content (AvgIpc) is 2.15. The Balaban J connectivity index is 3.47. The first-order valence-electron chi connectivity index (χ1n) is 4.24. The largest absolute Gasteiger partial charge is 0.506 e. The third-order valence-corrected chi connectivity index (χ3v) is 2.22. The zero-order chi connectivity index (χ0) is 10.9. The zero-order valence-corrected chi connectivity index (χ0v) is 8.71. The molecule has 1 aromatic heterocycles. The van der Waals surface area contributed by atoms with Crippen LogP contribution >= 0.6 is 0 Å². The van der Waals surface area contributed by atoms with E-state index in [-0.39, 0.29) is 11.3 Å². The molecule has 14 heavy (non-hydrogen) atoms. The minimum Gasteiger partial charge on any atom is -0.506 e. The molecule has 4 nitrogen and oxygen atoms in total. The van der Waals surface area contributed by atoms with E-state index in [1.165, 1.54) is 7.11 Å². The third-order valence-electron chi connectivity index (χ3n) is 2.22. The van der Waals surface area contributed by atoms with Crippen LogP contribution in [0.1, 0.15) is 10.4 Å². The Morgan fingerprint density at radius 1 is 1.36 bits per heavy atom. The van der Waals surface area contributed by atoms with Crippen molar-refractivity contribution in [2.75, 3.05) is 7.11 Å². The summed E-state index contributed by atoms with van der Waals surface area (Å²) in [5, 5.41) is 9.64. The number of esters is 1. The summed E-state index contributed by atoms with van der Waals surface area (Å²) in [4.78, 5) is 15.4. The molecule has 0 aliphatic rings. The molecule has 0 radical (unpaired) electrons. The maximum Gasteiger partial charge on any atom is 0.341 e. The van der Waals surface area contributed by atoms with Crippen LogP contribution in [-0.2, 0) is 4.74 Å². The average molecular weight is 189 g/mol. The highest BCUT2D eigenvalue weighted by molar-refractivity contribution is 6.51. The summed E-state index contributed by atoms with van der Waals surface area (Å²) in [6.07, 6.45) is 0. The number of rotatable bonds is 1. The van der Waals surface area contributed by atoms with Crippen molar-refractivity contribution in [2.45, 2.75) is 0 Å². The Kier molecular flexibility index (Phi) is 2.88. The molecule has 1 N–H and O–H groups in total. The van der Waals surface area contributed by atoms with Crippen LogP contribution in [0.25, 0.3) is 0 Å². The van der Waals surface area contributed by atoms with Gasteiger partial charge in [-0.05, 0) is 5.59 Å². The van der Waals surface area contributed by atoms with Crippen molar-refractivity contribution >= 4 is 46.2 Å². The van der Waals surface area contributed by atoms with E-state index in [0.29, 0.717) is 11.1 Å². The van der Waals surface area contributed by atoms with Crippen molar-refractivity contribution in [3.8, 4) is 5.75 Å². The first-order valence-corrected chi connectivity index (χ1v) is 4.24. The Morgan fingerprint density at radius 2 is 1.93 bits per heavy atom. The molecule has 0 aliphatic heterocycles. The van der Waals surface area contributed by atoms with Crippen LogP contribution in [0.15, 0.2) is 0 Å². The second kappa shape index (κ2) is 3.78. The van der Waals surface area contributed by atoms with Gasteiger partial charge in [0.15, 0.2) is 15.7 Å². The molecule has 0 saturated carbocycles. The Hall–Kier alpha value is -1.39. The Morgan fingerprint density at radius 3 is 2.43 bits per heavy atom. The molecule has 1 heterocycles. The predicted molar refractivity (Wildman–Crippen MR) is 61.8 cm³/mol. The van der Waals surface area contributed by atoms with Crippen molar-refractivity contribution in [1.29, 1.82) is 0 Å². The van der Waals surface area contributed by atoms with E-state index in [2.05, 4.69) is 9.72 Å².